The summed E-state index contributed by atoms with van der Waals surface area (Å²) >= 11 is 6.05. The van der Waals surface area contributed by atoms with Gasteiger partial charge >= 0.3 is 0 Å². The number of hydrogen-bond acceptors (Lipinski definition) is 2. The van der Waals surface area contributed by atoms with E-state index in [2.05, 4.69) is 23.6 Å². The Bertz CT molecular complexity index is 426. The maximum absolute atomic E-state index is 6.05. The summed E-state index contributed by atoms with van der Waals surface area (Å²) in [5, 5.41) is 0.808. The van der Waals surface area contributed by atoms with Gasteiger partial charge < -0.3 is 0 Å². The number of nitrogens with one attached hydrogen (secondary N) is 1. The molecule has 0 aromatic heterocycles. The molecule has 1 aromatic rings. The fraction of sp³-hybridized carbons (Fsp3) is 0.429. The molecule has 1 unspecified atom stereocenters. The van der Waals surface area contributed by atoms with Crippen LogP contribution in [0.3, 0.4) is 0 Å². The Labute approximate surface area is 108 Å². The largest absolute Gasteiger partial charge is 0.271 e. The predicted molar refractivity (Wildman–Crippen MR) is 72.8 cm³/mol. The molecule has 0 bridgehead atoms. The van der Waals surface area contributed by atoms with Crippen LogP contribution in [0.2, 0.25) is 5.02 Å². The van der Waals surface area contributed by atoms with Gasteiger partial charge in [-0.05, 0) is 49.8 Å². The van der Waals surface area contributed by atoms with Crippen LogP contribution in [0.15, 0.2) is 29.8 Å². The molecule has 3 N–H and O–H groups in total. The first kappa shape index (κ1) is 12.6. The number of allylic oxidation sites excluding steroid dienone is 1. The predicted octanol–water partition coefficient (Wildman–Crippen LogP) is 3.65. The Hall–Kier alpha value is -0.830. The molecule has 2 nitrogen and oxygen atoms in total. The average Bonchev–Trinajstić information content (AvgIpc) is 2.36. The van der Waals surface area contributed by atoms with Crippen molar-refractivity contribution in [3.05, 3.63) is 46.0 Å². The topological polar surface area (TPSA) is 38.0 Å². The molecule has 0 heterocycles. The summed E-state index contributed by atoms with van der Waals surface area (Å²) in [4.78, 5) is 0. The molecule has 0 amide bonds. The van der Waals surface area contributed by atoms with Crippen LogP contribution in [-0.4, -0.2) is 0 Å². The molecule has 0 aliphatic heterocycles. The second-order valence-corrected chi connectivity index (χ2v) is 5.04. The fourth-order valence-electron chi connectivity index (χ4n) is 2.39. The molecule has 1 atom stereocenters. The molecule has 0 spiro atoms. The van der Waals surface area contributed by atoms with E-state index in [0.29, 0.717) is 0 Å². The highest BCUT2D eigenvalue weighted by molar-refractivity contribution is 6.31. The highest BCUT2D eigenvalue weighted by Gasteiger charge is 2.17. The van der Waals surface area contributed by atoms with E-state index in [1.807, 2.05) is 13.0 Å². The zero-order chi connectivity index (χ0) is 12.3. The number of hydrogen-bond donors (Lipinski definition) is 2. The maximum atomic E-state index is 6.05. The van der Waals surface area contributed by atoms with Crippen LogP contribution in [0, 0.1) is 6.92 Å². The third kappa shape index (κ3) is 2.89. The maximum Gasteiger partial charge on any atom is 0.0670 e. The minimum absolute atomic E-state index is 0.131. The van der Waals surface area contributed by atoms with E-state index >= 15 is 0 Å². The second-order valence-electron chi connectivity index (χ2n) is 4.63. The number of hydrazine groups is 1. The molecule has 2 rings (SSSR count). The van der Waals surface area contributed by atoms with Crippen molar-refractivity contribution in [3.63, 3.8) is 0 Å². The van der Waals surface area contributed by atoms with Gasteiger partial charge in [0, 0.05) is 5.02 Å². The van der Waals surface area contributed by atoms with E-state index in [1.165, 1.54) is 30.4 Å². The number of benzene rings is 1. The van der Waals surface area contributed by atoms with E-state index in [0.717, 1.165) is 17.0 Å². The molecule has 1 aliphatic rings. The molecule has 1 aliphatic carbocycles. The van der Waals surface area contributed by atoms with E-state index in [1.54, 1.807) is 0 Å². The van der Waals surface area contributed by atoms with Crippen molar-refractivity contribution in [2.45, 2.75) is 38.6 Å². The lowest BCUT2D eigenvalue weighted by atomic mass is 9.90. The van der Waals surface area contributed by atoms with Crippen LogP contribution >= 0.6 is 11.6 Å². The standard InChI is InChI=1S/C14H19ClN2/c1-10-9-12(7-8-13(10)15)14(17-16)11-5-3-2-4-6-11/h5,7-9,14,17H,2-4,6,16H2,1H3. The first-order chi connectivity index (χ1) is 8.22. The summed E-state index contributed by atoms with van der Waals surface area (Å²) in [7, 11) is 0. The third-order valence-electron chi connectivity index (χ3n) is 3.38. The van der Waals surface area contributed by atoms with Crippen molar-refractivity contribution < 1.29 is 0 Å². The Morgan fingerprint density at radius 3 is 2.76 bits per heavy atom. The van der Waals surface area contributed by atoms with Crippen molar-refractivity contribution in [2.75, 3.05) is 0 Å². The van der Waals surface area contributed by atoms with Gasteiger partial charge in [-0.2, -0.15) is 0 Å². The number of nitrogens with two attached hydrogens (primary N) is 1. The summed E-state index contributed by atoms with van der Waals surface area (Å²) < 4.78 is 0. The third-order valence-corrected chi connectivity index (χ3v) is 3.80. The zero-order valence-electron chi connectivity index (χ0n) is 10.2. The van der Waals surface area contributed by atoms with E-state index < -0.39 is 0 Å². The van der Waals surface area contributed by atoms with Gasteiger partial charge in [-0.25, -0.2) is 5.43 Å². The van der Waals surface area contributed by atoms with Crippen LogP contribution < -0.4 is 11.3 Å². The number of rotatable bonds is 3. The van der Waals surface area contributed by atoms with Crippen molar-refractivity contribution in [3.8, 4) is 0 Å². The highest BCUT2D eigenvalue weighted by Crippen LogP contribution is 2.30. The van der Waals surface area contributed by atoms with Gasteiger partial charge in [0.15, 0.2) is 0 Å². The molecule has 0 saturated carbocycles. The van der Waals surface area contributed by atoms with Gasteiger partial charge in [0.25, 0.3) is 0 Å². The normalized spacial score (nSPS) is 17.7. The van der Waals surface area contributed by atoms with Crippen LogP contribution in [0.1, 0.15) is 42.9 Å². The van der Waals surface area contributed by atoms with E-state index in [9.17, 15) is 0 Å². The number of halogens is 1. The monoisotopic (exact) mass is 250 g/mol. The molecule has 0 saturated heterocycles. The Morgan fingerprint density at radius 1 is 1.35 bits per heavy atom. The van der Waals surface area contributed by atoms with Crippen molar-refractivity contribution in [1.29, 1.82) is 0 Å². The summed E-state index contributed by atoms with van der Waals surface area (Å²) in [6.45, 7) is 2.02. The zero-order valence-corrected chi connectivity index (χ0v) is 10.9. The fourth-order valence-corrected chi connectivity index (χ4v) is 2.51. The lowest BCUT2D eigenvalue weighted by molar-refractivity contribution is 0.565. The van der Waals surface area contributed by atoms with Crippen LogP contribution in [-0.2, 0) is 0 Å². The summed E-state index contributed by atoms with van der Waals surface area (Å²) in [6, 6.07) is 6.24. The van der Waals surface area contributed by atoms with E-state index in [-0.39, 0.29) is 6.04 Å². The minimum atomic E-state index is 0.131. The van der Waals surface area contributed by atoms with Crippen LogP contribution in [0.4, 0.5) is 0 Å². The highest BCUT2D eigenvalue weighted by atomic mass is 35.5. The molecular formula is C14H19ClN2. The summed E-state index contributed by atoms with van der Waals surface area (Å²) in [5.41, 5.74) is 6.62. The molecule has 1 aromatic carbocycles. The molecule has 92 valence electrons. The lowest BCUT2D eigenvalue weighted by Gasteiger charge is -2.23. The van der Waals surface area contributed by atoms with Gasteiger partial charge in [-0.1, -0.05) is 35.4 Å². The summed E-state index contributed by atoms with van der Waals surface area (Å²) in [5.74, 6) is 5.70. The second kappa shape index (κ2) is 5.67. The molecule has 17 heavy (non-hydrogen) atoms. The number of aryl methyl sites for hydroxylation is 1. The molecule has 3 heteroatoms. The SMILES string of the molecule is Cc1cc(C(NN)C2=CCCCC2)ccc1Cl. The summed E-state index contributed by atoms with van der Waals surface area (Å²) in [6.07, 6.45) is 7.17. The van der Waals surface area contributed by atoms with Crippen molar-refractivity contribution in [1.82, 2.24) is 5.43 Å². The molecule has 0 radical (unpaired) electrons. The van der Waals surface area contributed by atoms with Crippen LogP contribution in [0.5, 0.6) is 0 Å². The first-order valence-corrected chi connectivity index (χ1v) is 6.51. The van der Waals surface area contributed by atoms with Gasteiger partial charge in [0.2, 0.25) is 0 Å². The average molecular weight is 251 g/mol. The van der Waals surface area contributed by atoms with E-state index in [4.69, 9.17) is 17.4 Å². The molecule has 0 fully saturated rings. The smallest absolute Gasteiger partial charge is 0.0670 e. The quantitative estimate of drug-likeness (QED) is 0.488. The van der Waals surface area contributed by atoms with Gasteiger partial charge in [-0.3, -0.25) is 5.84 Å². The van der Waals surface area contributed by atoms with Crippen LogP contribution in [0.25, 0.3) is 0 Å². The van der Waals surface area contributed by atoms with Gasteiger partial charge in [0.05, 0.1) is 6.04 Å². The van der Waals surface area contributed by atoms with Crippen molar-refractivity contribution >= 4 is 11.6 Å². The molecular weight excluding hydrogens is 232 g/mol. The van der Waals surface area contributed by atoms with Crippen molar-refractivity contribution in [2.24, 2.45) is 5.84 Å². The Morgan fingerprint density at radius 2 is 2.18 bits per heavy atom. The van der Waals surface area contributed by atoms with Gasteiger partial charge in [0.1, 0.15) is 0 Å². The minimum Gasteiger partial charge on any atom is -0.271 e. The Kier molecular flexibility index (Phi) is 4.21. The first-order valence-electron chi connectivity index (χ1n) is 6.13. The van der Waals surface area contributed by atoms with Gasteiger partial charge in [-0.15, -0.1) is 0 Å². The lowest BCUT2D eigenvalue weighted by Crippen LogP contribution is -2.30. The Balaban J connectivity index is 2.28.